The summed E-state index contributed by atoms with van der Waals surface area (Å²) in [5.74, 6) is 0.673. The summed E-state index contributed by atoms with van der Waals surface area (Å²) in [6.07, 6.45) is 1.89. The van der Waals surface area contributed by atoms with E-state index in [-0.39, 0.29) is 0 Å². The van der Waals surface area contributed by atoms with E-state index in [2.05, 4.69) is 46.6 Å². The minimum absolute atomic E-state index is 0.467. The molecule has 0 saturated carbocycles. The predicted octanol–water partition coefficient (Wildman–Crippen LogP) is 0.261. The summed E-state index contributed by atoms with van der Waals surface area (Å²) in [7, 11) is 1.75. The van der Waals surface area contributed by atoms with Gasteiger partial charge >= 0.3 is 0 Å². The Kier molecular flexibility index (Phi) is 3.71. The lowest BCUT2D eigenvalue weighted by Gasteiger charge is -2.07. The van der Waals surface area contributed by atoms with E-state index in [1.54, 1.807) is 7.05 Å². The van der Waals surface area contributed by atoms with Crippen molar-refractivity contribution in [2.24, 2.45) is 7.05 Å². The van der Waals surface area contributed by atoms with Gasteiger partial charge in [0.1, 0.15) is 6.54 Å². The lowest BCUT2D eigenvalue weighted by atomic mass is 10.2. The number of nitrogens with zero attached hydrogens (tertiary/aromatic N) is 6. The molecule has 0 atom stereocenters. The topological polar surface area (TPSA) is 73.5 Å². The van der Waals surface area contributed by atoms with Crippen molar-refractivity contribution >= 4 is 0 Å². The highest BCUT2D eigenvalue weighted by atomic mass is 15.6. The van der Waals surface area contributed by atoms with Crippen LogP contribution >= 0.6 is 0 Å². The molecule has 0 aliphatic carbocycles. The molecule has 0 aliphatic rings. The second kappa shape index (κ2) is 5.26. The third-order valence-electron chi connectivity index (χ3n) is 2.75. The summed E-state index contributed by atoms with van der Waals surface area (Å²) in [5.41, 5.74) is 2.34. The molecule has 0 spiro atoms. The molecule has 98 valence electrons. The molecule has 7 heteroatoms. The maximum atomic E-state index is 4.36. The van der Waals surface area contributed by atoms with Gasteiger partial charge in [0.05, 0.1) is 13.2 Å². The third-order valence-corrected chi connectivity index (χ3v) is 2.75. The van der Waals surface area contributed by atoms with Crippen molar-refractivity contribution in [3.05, 3.63) is 23.3 Å². The standard InChI is InChI=1S/C11H19N7/c1-8(2)12-5-10-6-13-18(9(10)3)7-11-14-16-17(4)15-11/h6,8,12H,5,7H2,1-4H3. The van der Waals surface area contributed by atoms with Gasteiger partial charge in [0, 0.05) is 23.8 Å². The van der Waals surface area contributed by atoms with Crippen LogP contribution in [0.1, 0.15) is 30.9 Å². The fourth-order valence-corrected chi connectivity index (χ4v) is 1.65. The molecule has 0 aromatic carbocycles. The fourth-order valence-electron chi connectivity index (χ4n) is 1.65. The highest BCUT2D eigenvalue weighted by Gasteiger charge is 2.09. The Morgan fingerprint density at radius 3 is 2.78 bits per heavy atom. The fraction of sp³-hybridized carbons (Fsp3) is 0.636. The van der Waals surface area contributed by atoms with Crippen LogP contribution in [0.4, 0.5) is 0 Å². The molecule has 1 N–H and O–H groups in total. The van der Waals surface area contributed by atoms with Crippen molar-refractivity contribution in [3.63, 3.8) is 0 Å². The molecule has 0 unspecified atom stereocenters. The molecule has 0 amide bonds. The van der Waals surface area contributed by atoms with Gasteiger partial charge in [-0.25, -0.2) is 0 Å². The number of hydrogen-bond donors (Lipinski definition) is 1. The van der Waals surface area contributed by atoms with Gasteiger partial charge in [0.25, 0.3) is 0 Å². The molecule has 2 heterocycles. The van der Waals surface area contributed by atoms with Crippen molar-refractivity contribution < 1.29 is 0 Å². The van der Waals surface area contributed by atoms with E-state index in [4.69, 9.17) is 0 Å². The molecular weight excluding hydrogens is 230 g/mol. The molecule has 0 saturated heterocycles. The largest absolute Gasteiger partial charge is 0.310 e. The minimum atomic E-state index is 0.467. The van der Waals surface area contributed by atoms with Gasteiger partial charge in [-0.3, -0.25) is 4.68 Å². The third kappa shape index (κ3) is 2.92. The van der Waals surface area contributed by atoms with Crippen LogP contribution in [-0.2, 0) is 20.1 Å². The van der Waals surface area contributed by atoms with Gasteiger partial charge in [-0.1, -0.05) is 13.8 Å². The Morgan fingerprint density at radius 2 is 2.17 bits per heavy atom. The lowest BCUT2D eigenvalue weighted by Crippen LogP contribution is -2.22. The second-order valence-electron chi connectivity index (χ2n) is 4.64. The summed E-state index contributed by atoms with van der Waals surface area (Å²) in [4.78, 5) is 1.45. The van der Waals surface area contributed by atoms with Gasteiger partial charge in [-0.05, 0) is 12.1 Å². The number of nitrogens with one attached hydrogen (secondary N) is 1. The number of aromatic nitrogens is 6. The molecule has 0 aliphatic heterocycles. The van der Waals surface area contributed by atoms with Crippen LogP contribution in [0.3, 0.4) is 0 Å². The number of rotatable bonds is 5. The first-order valence-electron chi connectivity index (χ1n) is 6.04. The molecule has 7 nitrogen and oxygen atoms in total. The van der Waals surface area contributed by atoms with Crippen molar-refractivity contribution in [2.75, 3.05) is 0 Å². The van der Waals surface area contributed by atoms with Crippen molar-refractivity contribution in [1.82, 2.24) is 35.3 Å². The van der Waals surface area contributed by atoms with Crippen molar-refractivity contribution in [1.29, 1.82) is 0 Å². The smallest absolute Gasteiger partial charge is 0.196 e. The average molecular weight is 249 g/mol. The molecule has 2 aromatic heterocycles. The van der Waals surface area contributed by atoms with E-state index in [1.165, 1.54) is 10.4 Å². The van der Waals surface area contributed by atoms with Crippen LogP contribution in [0.2, 0.25) is 0 Å². The Morgan fingerprint density at radius 1 is 1.39 bits per heavy atom. The molecule has 2 rings (SSSR count). The van der Waals surface area contributed by atoms with Crippen LogP contribution in [0.15, 0.2) is 6.20 Å². The summed E-state index contributed by atoms with van der Waals surface area (Å²) >= 11 is 0. The normalized spacial score (nSPS) is 11.4. The summed E-state index contributed by atoms with van der Waals surface area (Å²) in [6, 6.07) is 0.467. The van der Waals surface area contributed by atoms with Crippen LogP contribution < -0.4 is 5.32 Å². The highest BCUT2D eigenvalue weighted by molar-refractivity contribution is 5.16. The van der Waals surface area contributed by atoms with Crippen molar-refractivity contribution in [3.8, 4) is 0 Å². The Labute approximate surface area is 106 Å². The first-order chi connectivity index (χ1) is 8.56. The zero-order valence-electron chi connectivity index (χ0n) is 11.3. The molecule has 0 fully saturated rings. The van der Waals surface area contributed by atoms with Gasteiger partial charge in [0.15, 0.2) is 5.82 Å². The van der Waals surface area contributed by atoms with E-state index >= 15 is 0 Å². The Hall–Kier alpha value is -1.76. The zero-order chi connectivity index (χ0) is 13.1. The van der Waals surface area contributed by atoms with Crippen molar-refractivity contribution in [2.45, 2.75) is 39.9 Å². The van der Waals surface area contributed by atoms with E-state index in [0.717, 1.165) is 12.2 Å². The SMILES string of the molecule is Cc1c(CNC(C)C)cnn1Cc1nnn(C)n1. The van der Waals surface area contributed by atoms with Crippen LogP contribution in [0.5, 0.6) is 0 Å². The van der Waals surface area contributed by atoms with Gasteiger partial charge in [-0.15, -0.1) is 10.2 Å². The average Bonchev–Trinajstić information content (AvgIpc) is 2.86. The summed E-state index contributed by atoms with van der Waals surface area (Å²) in [6.45, 7) is 7.70. The molecule has 18 heavy (non-hydrogen) atoms. The molecule has 0 radical (unpaired) electrons. The lowest BCUT2D eigenvalue weighted by molar-refractivity contribution is 0.583. The summed E-state index contributed by atoms with van der Waals surface area (Å²) < 4.78 is 1.90. The quantitative estimate of drug-likeness (QED) is 0.823. The van der Waals surface area contributed by atoms with Gasteiger partial charge < -0.3 is 5.32 Å². The zero-order valence-corrected chi connectivity index (χ0v) is 11.3. The highest BCUT2D eigenvalue weighted by Crippen LogP contribution is 2.08. The van der Waals surface area contributed by atoms with E-state index < -0.39 is 0 Å². The van der Waals surface area contributed by atoms with Crippen LogP contribution in [0, 0.1) is 6.92 Å². The predicted molar refractivity (Wildman–Crippen MR) is 66.8 cm³/mol. The van der Waals surface area contributed by atoms with E-state index in [0.29, 0.717) is 18.4 Å². The maximum Gasteiger partial charge on any atom is 0.196 e. The maximum absolute atomic E-state index is 4.36. The molecular formula is C11H19N7. The Balaban J connectivity index is 2.06. The number of aryl methyl sites for hydroxylation is 1. The second-order valence-corrected chi connectivity index (χ2v) is 4.64. The Bertz CT molecular complexity index is 511. The van der Waals surface area contributed by atoms with E-state index in [1.807, 2.05) is 10.9 Å². The van der Waals surface area contributed by atoms with Gasteiger partial charge in [-0.2, -0.15) is 9.90 Å². The van der Waals surface area contributed by atoms with E-state index in [9.17, 15) is 0 Å². The number of tetrazole rings is 1. The first kappa shape index (κ1) is 12.7. The van der Waals surface area contributed by atoms with Crippen LogP contribution in [0.25, 0.3) is 0 Å². The summed E-state index contributed by atoms with van der Waals surface area (Å²) in [5, 5.41) is 19.7. The van der Waals surface area contributed by atoms with Crippen LogP contribution in [-0.4, -0.2) is 36.0 Å². The minimum Gasteiger partial charge on any atom is -0.310 e. The molecule has 0 bridgehead atoms. The monoisotopic (exact) mass is 249 g/mol. The number of hydrogen-bond acceptors (Lipinski definition) is 5. The molecule has 2 aromatic rings. The van der Waals surface area contributed by atoms with Gasteiger partial charge in [0.2, 0.25) is 0 Å². The first-order valence-corrected chi connectivity index (χ1v) is 6.04.